The molecule has 0 amide bonds. The van der Waals surface area contributed by atoms with E-state index in [2.05, 4.69) is 23.5 Å². The molecule has 1 aliphatic heterocycles. The van der Waals surface area contributed by atoms with Gasteiger partial charge in [0.25, 0.3) is 0 Å². The lowest BCUT2D eigenvalue weighted by Crippen LogP contribution is -2.15. The molecule has 1 aliphatic carbocycles. The molecule has 0 radical (unpaired) electrons. The van der Waals surface area contributed by atoms with Crippen molar-refractivity contribution in [1.29, 1.82) is 0 Å². The van der Waals surface area contributed by atoms with Gasteiger partial charge in [0.15, 0.2) is 0 Å². The van der Waals surface area contributed by atoms with E-state index < -0.39 is 0 Å². The summed E-state index contributed by atoms with van der Waals surface area (Å²) in [6, 6.07) is 0. The van der Waals surface area contributed by atoms with Gasteiger partial charge in [0.05, 0.1) is 4.58 Å². The van der Waals surface area contributed by atoms with Crippen LogP contribution in [0, 0.1) is 5.92 Å². The first kappa shape index (κ1) is 8.31. The van der Waals surface area contributed by atoms with Crippen LogP contribution in [0.5, 0.6) is 0 Å². The van der Waals surface area contributed by atoms with Crippen LogP contribution in [0.3, 0.4) is 0 Å². The van der Waals surface area contributed by atoms with Gasteiger partial charge in [-0.2, -0.15) is 0 Å². The van der Waals surface area contributed by atoms with E-state index >= 15 is 0 Å². The minimum absolute atomic E-state index is 0.982. The third-order valence-corrected chi connectivity index (χ3v) is 6.06. The summed E-state index contributed by atoms with van der Waals surface area (Å²) in [4.78, 5) is 0. The Hall–Kier alpha value is 0.700. The van der Waals surface area contributed by atoms with Gasteiger partial charge in [-0.3, -0.25) is 0 Å². The zero-order valence-electron chi connectivity index (χ0n) is 6.92. The van der Waals surface area contributed by atoms with E-state index in [1.54, 1.807) is 0 Å². The van der Waals surface area contributed by atoms with Gasteiger partial charge in [-0.05, 0) is 18.8 Å². The fourth-order valence-electron chi connectivity index (χ4n) is 2.06. The van der Waals surface area contributed by atoms with Crippen molar-refractivity contribution >= 4 is 23.5 Å². The number of hydrogen-bond donors (Lipinski definition) is 0. The predicted octanol–water partition coefficient (Wildman–Crippen LogP) is 3.37. The molecule has 0 N–H and O–H groups in total. The molecule has 11 heavy (non-hydrogen) atoms. The first-order valence-electron chi connectivity index (χ1n) is 4.70. The molecule has 0 atom stereocenters. The highest BCUT2D eigenvalue weighted by atomic mass is 32.2. The molecule has 0 unspecified atom stereocenters. The van der Waals surface area contributed by atoms with Crippen molar-refractivity contribution in [2.75, 3.05) is 11.5 Å². The predicted molar refractivity (Wildman–Crippen MR) is 55.3 cm³/mol. The smallest absolute Gasteiger partial charge is 0.0531 e. The average molecular weight is 188 g/mol. The maximum absolute atomic E-state index is 2.21. The van der Waals surface area contributed by atoms with Crippen LogP contribution in [0.2, 0.25) is 0 Å². The van der Waals surface area contributed by atoms with Crippen molar-refractivity contribution in [3.63, 3.8) is 0 Å². The van der Waals surface area contributed by atoms with E-state index in [1.165, 1.54) is 43.6 Å². The van der Waals surface area contributed by atoms with Crippen molar-refractivity contribution in [2.45, 2.75) is 36.7 Å². The highest BCUT2D eigenvalue weighted by molar-refractivity contribution is 8.20. The summed E-state index contributed by atoms with van der Waals surface area (Å²) in [6.45, 7) is 0. The highest BCUT2D eigenvalue weighted by Gasteiger charge is 2.26. The quantitative estimate of drug-likeness (QED) is 0.619. The first-order chi connectivity index (χ1) is 5.47. The van der Waals surface area contributed by atoms with Gasteiger partial charge in [0.2, 0.25) is 0 Å². The minimum atomic E-state index is 0.982. The summed E-state index contributed by atoms with van der Waals surface area (Å²) >= 11 is 4.42. The summed E-state index contributed by atoms with van der Waals surface area (Å²) in [6.07, 6.45) is 7.54. The first-order valence-corrected chi connectivity index (χ1v) is 6.80. The Bertz CT molecular complexity index is 113. The standard InChI is InChI=1S/C9H16S2/c1-2-4-8(5-3-1)9-10-6-7-11-9/h8-9H,1-7H2. The fraction of sp³-hybridized carbons (Fsp3) is 1.00. The van der Waals surface area contributed by atoms with E-state index in [4.69, 9.17) is 0 Å². The molecule has 0 aromatic carbocycles. The summed E-state index contributed by atoms with van der Waals surface area (Å²) in [7, 11) is 0. The van der Waals surface area contributed by atoms with Crippen LogP contribution >= 0.6 is 23.5 Å². The third-order valence-electron chi connectivity index (χ3n) is 2.68. The molecule has 2 heteroatoms. The van der Waals surface area contributed by atoms with Gasteiger partial charge in [-0.25, -0.2) is 0 Å². The molecule has 2 rings (SSSR count). The molecular weight excluding hydrogens is 172 g/mol. The second-order valence-electron chi connectivity index (χ2n) is 3.51. The monoisotopic (exact) mass is 188 g/mol. The Morgan fingerprint density at radius 3 is 2.09 bits per heavy atom. The van der Waals surface area contributed by atoms with E-state index in [0.29, 0.717) is 0 Å². The molecule has 0 nitrogen and oxygen atoms in total. The topological polar surface area (TPSA) is 0 Å². The van der Waals surface area contributed by atoms with Gasteiger partial charge in [-0.15, -0.1) is 23.5 Å². The van der Waals surface area contributed by atoms with Crippen LogP contribution in [0.15, 0.2) is 0 Å². The van der Waals surface area contributed by atoms with Crippen molar-refractivity contribution in [3.05, 3.63) is 0 Å². The Balaban J connectivity index is 1.82. The van der Waals surface area contributed by atoms with Crippen LogP contribution in [-0.4, -0.2) is 16.1 Å². The molecule has 0 aromatic heterocycles. The summed E-state index contributed by atoms with van der Waals surface area (Å²) in [5.41, 5.74) is 0. The van der Waals surface area contributed by atoms with Crippen molar-refractivity contribution in [1.82, 2.24) is 0 Å². The van der Waals surface area contributed by atoms with Crippen LogP contribution in [-0.2, 0) is 0 Å². The molecule has 64 valence electrons. The number of thioether (sulfide) groups is 2. The lowest BCUT2D eigenvalue weighted by molar-refractivity contribution is 0.381. The van der Waals surface area contributed by atoms with Gasteiger partial charge < -0.3 is 0 Å². The Kier molecular flexibility index (Phi) is 3.08. The van der Waals surface area contributed by atoms with Crippen molar-refractivity contribution in [2.24, 2.45) is 5.92 Å². The zero-order chi connectivity index (χ0) is 7.52. The van der Waals surface area contributed by atoms with E-state index in [-0.39, 0.29) is 0 Å². The van der Waals surface area contributed by atoms with Crippen LogP contribution < -0.4 is 0 Å². The zero-order valence-corrected chi connectivity index (χ0v) is 8.55. The van der Waals surface area contributed by atoms with Crippen molar-refractivity contribution < 1.29 is 0 Å². The van der Waals surface area contributed by atoms with Gasteiger partial charge >= 0.3 is 0 Å². The Morgan fingerprint density at radius 1 is 0.818 bits per heavy atom. The Labute approximate surface area is 77.9 Å². The normalized spacial score (nSPS) is 29.5. The molecule has 1 saturated carbocycles. The molecular formula is C9H16S2. The summed E-state index contributed by atoms with van der Waals surface area (Å²) in [5, 5.41) is 0. The second-order valence-corrected chi connectivity index (χ2v) is 6.31. The maximum Gasteiger partial charge on any atom is 0.0531 e. The Morgan fingerprint density at radius 2 is 1.45 bits per heavy atom. The number of rotatable bonds is 1. The fourth-order valence-corrected chi connectivity index (χ4v) is 5.34. The largest absolute Gasteiger partial charge is 0.146 e. The van der Waals surface area contributed by atoms with Gasteiger partial charge in [0.1, 0.15) is 0 Å². The molecule has 0 aromatic rings. The van der Waals surface area contributed by atoms with Crippen LogP contribution in [0.1, 0.15) is 32.1 Å². The summed E-state index contributed by atoms with van der Waals surface area (Å²) in [5.74, 6) is 3.89. The van der Waals surface area contributed by atoms with Crippen molar-refractivity contribution in [3.8, 4) is 0 Å². The summed E-state index contributed by atoms with van der Waals surface area (Å²) < 4.78 is 0.982. The van der Waals surface area contributed by atoms with E-state index in [0.717, 1.165) is 10.5 Å². The molecule has 1 saturated heterocycles. The lowest BCUT2D eigenvalue weighted by atomic mass is 9.91. The number of hydrogen-bond acceptors (Lipinski definition) is 2. The average Bonchev–Trinajstić information content (AvgIpc) is 2.58. The molecule has 0 spiro atoms. The lowest BCUT2D eigenvalue weighted by Gasteiger charge is -2.25. The van der Waals surface area contributed by atoms with Gasteiger partial charge in [-0.1, -0.05) is 19.3 Å². The highest BCUT2D eigenvalue weighted by Crippen LogP contribution is 2.42. The third kappa shape index (κ3) is 2.09. The van der Waals surface area contributed by atoms with Crippen LogP contribution in [0.25, 0.3) is 0 Å². The maximum atomic E-state index is 2.21. The second kappa shape index (κ2) is 4.08. The minimum Gasteiger partial charge on any atom is -0.146 e. The molecule has 1 heterocycles. The molecule has 0 bridgehead atoms. The SMILES string of the molecule is C1CCC(C2SCCS2)CC1. The molecule has 2 aliphatic rings. The van der Waals surface area contributed by atoms with E-state index in [9.17, 15) is 0 Å². The van der Waals surface area contributed by atoms with Gasteiger partial charge in [0, 0.05) is 11.5 Å². The molecule has 2 fully saturated rings. The van der Waals surface area contributed by atoms with E-state index in [1.807, 2.05) is 0 Å². The van der Waals surface area contributed by atoms with Crippen LogP contribution in [0.4, 0.5) is 0 Å².